The summed E-state index contributed by atoms with van der Waals surface area (Å²) in [6.07, 6.45) is 1.71. The number of aromatic nitrogens is 2. The van der Waals surface area contributed by atoms with E-state index in [1.165, 1.54) is 0 Å². The number of aromatic amines is 1. The molecule has 130 valence electrons. The Morgan fingerprint density at radius 3 is 2.60 bits per heavy atom. The molecule has 0 spiro atoms. The quantitative estimate of drug-likeness (QED) is 0.776. The van der Waals surface area contributed by atoms with E-state index in [1.807, 2.05) is 12.1 Å². The number of hydrogen-bond acceptors (Lipinski definition) is 5. The van der Waals surface area contributed by atoms with Crippen LogP contribution in [0.25, 0.3) is 10.9 Å². The number of nitrogens with zero attached hydrogens (tertiary/aromatic N) is 3. The molecule has 1 aliphatic heterocycles. The van der Waals surface area contributed by atoms with Gasteiger partial charge in [-0.1, -0.05) is 11.6 Å². The summed E-state index contributed by atoms with van der Waals surface area (Å²) < 4.78 is 5.41. The van der Waals surface area contributed by atoms with Crippen molar-refractivity contribution in [1.82, 2.24) is 19.8 Å². The highest BCUT2D eigenvalue weighted by Crippen LogP contribution is 2.15. The Hall–Kier alpha value is -2.15. The minimum atomic E-state index is -0.117. The summed E-state index contributed by atoms with van der Waals surface area (Å²) in [5, 5.41) is 1.15. The molecule has 25 heavy (non-hydrogen) atoms. The zero-order valence-corrected chi connectivity index (χ0v) is 14.5. The zero-order valence-electron chi connectivity index (χ0n) is 13.7. The fourth-order valence-corrected chi connectivity index (χ4v) is 3.34. The summed E-state index contributed by atoms with van der Waals surface area (Å²) in [5.74, 6) is 1.67. The number of fused-ring (bicyclic) bond motifs is 1. The average molecular weight is 359 g/mol. The summed E-state index contributed by atoms with van der Waals surface area (Å²) in [5.41, 5.74) is 0.524. The summed E-state index contributed by atoms with van der Waals surface area (Å²) in [6, 6.07) is 9.07. The maximum atomic E-state index is 12.2. The number of rotatable bonds is 4. The Bertz CT molecular complexity index is 914. The highest BCUT2D eigenvalue weighted by Gasteiger charge is 2.18. The van der Waals surface area contributed by atoms with Crippen LogP contribution in [-0.4, -0.2) is 45.9 Å². The van der Waals surface area contributed by atoms with Crippen LogP contribution in [0.2, 0.25) is 5.02 Å². The first-order chi connectivity index (χ1) is 12.2. The first-order valence-corrected chi connectivity index (χ1v) is 8.71. The molecule has 7 heteroatoms. The van der Waals surface area contributed by atoms with Gasteiger partial charge >= 0.3 is 0 Å². The third kappa shape index (κ3) is 3.76. The molecule has 3 heterocycles. The fourth-order valence-electron chi connectivity index (χ4n) is 3.18. The Morgan fingerprint density at radius 1 is 1.12 bits per heavy atom. The van der Waals surface area contributed by atoms with Crippen molar-refractivity contribution in [3.8, 4) is 0 Å². The molecule has 1 fully saturated rings. The number of benzene rings is 1. The molecule has 0 saturated carbocycles. The smallest absolute Gasteiger partial charge is 0.258 e. The third-order valence-electron chi connectivity index (χ3n) is 4.52. The van der Waals surface area contributed by atoms with E-state index in [1.54, 1.807) is 24.5 Å². The first kappa shape index (κ1) is 16.3. The van der Waals surface area contributed by atoms with E-state index in [0.717, 1.165) is 38.5 Å². The van der Waals surface area contributed by atoms with E-state index in [4.69, 9.17) is 16.0 Å². The minimum absolute atomic E-state index is 0.117. The first-order valence-electron chi connectivity index (χ1n) is 8.33. The lowest BCUT2D eigenvalue weighted by molar-refractivity contribution is 0.114. The van der Waals surface area contributed by atoms with Gasteiger partial charge in [-0.25, -0.2) is 4.98 Å². The molecule has 1 aromatic carbocycles. The van der Waals surface area contributed by atoms with Crippen LogP contribution < -0.4 is 5.56 Å². The monoisotopic (exact) mass is 358 g/mol. The summed E-state index contributed by atoms with van der Waals surface area (Å²) >= 11 is 6.01. The Morgan fingerprint density at radius 2 is 1.88 bits per heavy atom. The standard InChI is InChI=1S/C18H19ClN4O2/c19-13-3-4-15-16(10-13)20-17(21-18(15)24)12-23-7-5-22(6-8-23)11-14-2-1-9-25-14/h1-4,9-10H,5-8,11-12H2,(H,20,21,24). The Kier molecular flexibility index (Phi) is 4.57. The normalized spacial score (nSPS) is 16.5. The largest absolute Gasteiger partial charge is 0.468 e. The number of furan rings is 1. The van der Waals surface area contributed by atoms with Crippen LogP contribution in [0.15, 0.2) is 45.8 Å². The third-order valence-corrected chi connectivity index (χ3v) is 4.75. The van der Waals surface area contributed by atoms with Crippen LogP contribution in [0.5, 0.6) is 0 Å². The van der Waals surface area contributed by atoms with Crippen molar-refractivity contribution in [2.45, 2.75) is 13.1 Å². The lowest BCUT2D eigenvalue weighted by atomic mass is 10.2. The van der Waals surface area contributed by atoms with Crippen molar-refractivity contribution >= 4 is 22.5 Å². The van der Waals surface area contributed by atoms with Crippen LogP contribution in [0.3, 0.4) is 0 Å². The zero-order chi connectivity index (χ0) is 17.2. The fraction of sp³-hybridized carbons (Fsp3) is 0.333. The van der Waals surface area contributed by atoms with E-state index in [0.29, 0.717) is 28.3 Å². The number of piperazine rings is 1. The highest BCUT2D eigenvalue weighted by atomic mass is 35.5. The summed E-state index contributed by atoms with van der Waals surface area (Å²) in [6.45, 7) is 5.25. The van der Waals surface area contributed by atoms with Gasteiger partial charge in [-0.15, -0.1) is 0 Å². The maximum Gasteiger partial charge on any atom is 0.258 e. The highest BCUT2D eigenvalue weighted by molar-refractivity contribution is 6.31. The van der Waals surface area contributed by atoms with Crippen LogP contribution in [0, 0.1) is 0 Å². The summed E-state index contributed by atoms with van der Waals surface area (Å²) in [4.78, 5) is 24.3. The van der Waals surface area contributed by atoms with Crippen LogP contribution in [-0.2, 0) is 13.1 Å². The van der Waals surface area contributed by atoms with Crippen molar-refractivity contribution in [3.63, 3.8) is 0 Å². The molecule has 0 amide bonds. The van der Waals surface area contributed by atoms with Gasteiger partial charge in [0.05, 0.1) is 30.3 Å². The van der Waals surface area contributed by atoms with Gasteiger partial charge in [-0.05, 0) is 30.3 Å². The molecule has 6 nitrogen and oxygen atoms in total. The van der Waals surface area contributed by atoms with E-state index in [2.05, 4.69) is 19.8 Å². The number of H-pyrrole nitrogens is 1. The molecule has 2 aromatic heterocycles. The van der Waals surface area contributed by atoms with Gasteiger partial charge in [-0.2, -0.15) is 0 Å². The molecule has 1 N–H and O–H groups in total. The molecule has 0 atom stereocenters. The van der Waals surface area contributed by atoms with Crippen molar-refractivity contribution in [2.75, 3.05) is 26.2 Å². The Labute approximate surface area is 150 Å². The molecular weight excluding hydrogens is 340 g/mol. The predicted octanol–water partition coefficient (Wildman–Crippen LogP) is 2.49. The number of halogens is 1. The van der Waals surface area contributed by atoms with Crippen LogP contribution >= 0.6 is 11.6 Å². The van der Waals surface area contributed by atoms with Crippen LogP contribution in [0.1, 0.15) is 11.6 Å². The van der Waals surface area contributed by atoms with E-state index < -0.39 is 0 Å². The van der Waals surface area contributed by atoms with E-state index >= 15 is 0 Å². The number of nitrogens with one attached hydrogen (secondary N) is 1. The SMILES string of the molecule is O=c1[nH]c(CN2CCN(Cc3ccco3)CC2)nc2cc(Cl)ccc12. The van der Waals surface area contributed by atoms with Crippen molar-refractivity contribution in [2.24, 2.45) is 0 Å². The molecule has 0 radical (unpaired) electrons. The molecule has 0 bridgehead atoms. The van der Waals surface area contributed by atoms with Gasteiger partial charge in [0.1, 0.15) is 11.6 Å². The second kappa shape index (κ2) is 7.00. The second-order valence-electron chi connectivity index (χ2n) is 6.31. The van der Waals surface area contributed by atoms with Crippen LogP contribution in [0.4, 0.5) is 0 Å². The summed E-state index contributed by atoms with van der Waals surface area (Å²) in [7, 11) is 0. The van der Waals surface area contributed by atoms with Gasteiger partial charge < -0.3 is 9.40 Å². The van der Waals surface area contributed by atoms with Gasteiger partial charge in [0.15, 0.2) is 0 Å². The molecular formula is C18H19ClN4O2. The minimum Gasteiger partial charge on any atom is -0.468 e. The topological polar surface area (TPSA) is 65.4 Å². The Balaban J connectivity index is 1.41. The predicted molar refractivity (Wildman–Crippen MR) is 96.6 cm³/mol. The molecule has 1 aliphatic rings. The lowest BCUT2D eigenvalue weighted by Gasteiger charge is -2.33. The van der Waals surface area contributed by atoms with Crippen molar-refractivity contribution in [3.05, 3.63) is 63.6 Å². The molecule has 4 rings (SSSR count). The van der Waals surface area contributed by atoms with Crippen molar-refractivity contribution in [1.29, 1.82) is 0 Å². The van der Waals surface area contributed by atoms with Gasteiger partial charge in [0, 0.05) is 31.2 Å². The van der Waals surface area contributed by atoms with E-state index in [9.17, 15) is 4.79 Å². The van der Waals surface area contributed by atoms with E-state index in [-0.39, 0.29) is 5.56 Å². The maximum absolute atomic E-state index is 12.2. The lowest BCUT2D eigenvalue weighted by Crippen LogP contribution is -2.45. The molecule has 0 aliphatic carbocycles. The second-order valence-corrected chi connectivity index (χ2v) is 6.74. The molecule has 0 unspecified atom stereocenters. The van der Waals surface area contributed by atoms with Gasteiger partial charge in [0.2, 0.25) is 0 Å². The molecule has 1 saturated heterocycles. The van der Waals surface area contributed by atoms with Crippen molar-refractivity contribution < 1.29 is 4.42 Å². The molecule has 3 aromatic rings. The van der Waals surface area contributed by atoms with Gasteiger partial charge in [0.25, 0.3) is 5.56 Å². The number of hydrogen-bond donors (Lipinski definition) is 1. The average Bonchev–Trinajstić information content (AvgIpc) is 3.09. The van der Waals surface area contributed by atoms with Gasteiger partial charge in [-0.3, -0.25) is 14.6 Å².